The number of para-hydroxylation sites is 2. The van der Waals surface area contributed by atoms with Crippen molar-refractivity contribution in [1.29, 1.82) is 0 Å². The second kappa shape index (κ2) is 7.92. The molecule has 0 saturated carbocycles. The molecule has 96 valence electrons. The Morgan fingerprint density at radius 3 is 2.65 bits per heavy atom. The van der Waals surface area contributed by atoms with Crippen LogP contribution in [0.15, 0.2) is 24.3 Å². The van der Waals surface area contributed by atoms with Crippen molar-refractivity contribution < 1.29 is 14.6 Å². The zero-order chi connectivity index (χ0) is 12.5. The summed E-state index contributed by atoms with van der Waals surface area (Å²) in [5.41, 5.74) is 0. The first-order chi connectivity index (χ1) is 8.27. The van der Waals surface area contributed by atoms with E-state index in [0.29, 0.717) is 18.0 Å². The lowest BCUT2D eigenvalue weighted by Crippen LogP contribution is -2.31. The fourth-order valence-electron chi connectivity index (χ4n) is 1.43. The number of hydrogen-bond acceptors (Lipinski definition) is 4. The second-order valence-electron chi connectivity index (χ2n) is 3.82. The smallest absolute Gasteiger partial charge is 0.161 e. The third-order valence-corrected chi connectivity index (χ3v) is 2.31. The van der Waals surface area contributed by atoms with Crippen LogP contribution < -0.4 is 14.8 Å². The highest BCUT2D eigenvalue weighted by molar-refractivity contribution is 5.39. The molecule has 1 aromatic carbocycles. The van der Waals surface area contributed by atoms with E-state index >= 15 is 0 Å². The third-order valence-electron chi connectivity index (χ3n) is 2.31. The summed E-state index contributed by atoms with van der Waals surface area (Å²) in [4.78, 5) is 0. The molecular formula is C13H21NO3. The van der Waals surface area contributed by atoms with Crippen LogP contribution in [0.25, 0.3) is 0 Å². The molecule has 1 aromatic rings. The Kier molecular flexibility index (Phi) is 6.43. The fraction of sp³-hybridized carbons (Fsp3) is 0.538. The minimum absolute atomic E-state index is 0.261. The maximum atomic E-state index is 9.67. The van der Waals surface area contributed by atoms with Gasteiger partial charge < -0.3 is 19.9 Å². The maximum absolute atomic E-state index is 9.67. The van der Waals surface area contributed by atoms with E-state index in [9.17, 15) is 5.11 Å². The molecular weight excluding hydrogens is 218 g/mol. The summed E-state index contributed by atoms with van der Waals surface area (Å²) in [6, 6.07) is 7.41. The van der Waals surface area contributed by atoms with Gasteiger partial charge in [0.05, 0.1) is 7.11 Å². The van der Waals surface area contributed by atoms with E-state index in [-0.39, 0.29) is 6.61 Å². The summed E-state index contributed by atoms with van der Waals surface area (Å²) in [6.45, 7) is 3.80. The first kappa shape index (κ1) is 13.8. The normalized spacial score (nSPS) is 12.2. The molecule has 17 heavy (non-hydrogen) atoms. The van der Waals surface area contributed by atoms with Crippen molar-refractivity contribution in [1.82, 2.24) is 5.32 Å². The van der Waals surface area contributed by atoms with Gasteiger partial charge >= 0.3 is 0 Å². The second-order valence-corrected chi connectivity index (χ2v) is 3.82. The van der Waals surface area contributed by atoms with Crippen molar-refractivity contribution in [2.24, 2.45) is 0 Å². The average molecular weight is 239 g/mol. The highest BCUT2D eigenvalue weighted by Crippen LogP contribution is 2.25. The molecule has 4 heteroatoms. The van der Waals surface area contributed by atoms with Crippen molar-refractivity contribution in [2.75, 3.05) is 26.8 Å². The van der Waals surface area contributed by atoms with Gasteiger partial charge in [-0.05, 0) is 25.1 Å². The molecule has 0 spiro atoms. The monoisotopic (exact) mass is 239 g/mol. The number of benzene rings is 1. The Hall–Kier alpha value is -1.26. The van der Waals surface area contributed by atoms with Gasteiger partial charge in [-0.2, -0.15) is 0 Å². The van der Waals surface area contributed by atoms with E-state index in [4.69, 9.17) is 9.47 Å². The largest absolute Gasteiger partial charge is 0.493 e. The Labute approximate surface area is 103 Å². The summed E-state index contributed by atoms with van der Waals surface area (Å²) >= 11 is 0. The van der Waals surface area contributed by atoms with Crippen molar-refractivity contribution >= 4 is 0 Å². The van der Waals surface area contributed by atoms with E-state index in [1.54, 1.807) is 7.11 Å². The van der Waals surface area contributed by atoms with Crippen LogP contribution in [-0.4, -0.2) is 38.0 Å². The number of hydrogen-bond donors (Lipinski definition) is 2. The Morgan fingerprint density at radius 2 is 2.00 bits per heavy atom. The number of methoxy groups -OCH3 is 1. The van der Waals surface area contributed by atoms with Crippen molar-refractivity contribution in [2.45, 2.75) is 19.4 Å². The van der Waals surface area contributed by atoms with Gasteiger partial charge in [-0.15, -0.1) is 0 Å². The van der Waals surface area contributed by atoms with Crippen LogP contribution in [-0.2, 0) is 0 Å². The van der Waals surface area contributed by atoms with Gasteiger partial charge in [-0.25, -0.2) is 0 Å². The Morgan fingerprint density at radius 1 is 1.29 bits per heavy atom. The molecule has 4 nitrogen and oxygen atoms in total. The van der Waals surface area contributed by atoms with Crippen LogP contribution in [0, 0.1) is 0 Å². The fourth-order valence-corrected chi connectivity index (χ4v) is 1.43. The lowest BCUT2D eigenvalue weighted by molar-refractivity contribution is 0.105. The quantitative estimate of drug-likeness (QED) is 0.674. The maximum Gasteiger partial charge on any atom is 0.161 e. The average Bonchev–Trinajstić information content (AvgIpc) is 2.37. The van der Waals surface area contributed by atoms with Crippen LogP contribution in [0.2, 0.25) is 0 Å². The standard InChI is InChI=1S/C13H21NO3/c1-3-8-14-9-11(15)10-17-13-7-5-4-6-12(13)16-2/h4-7,11,14-15H,3,8-10H2,1-2H3. The van der Waals surface area contributed by atoms with E-state index in [2.05, 4.69) is 12.2 Å². The van der Waals surface area contributed by atoms with Crippen molar-refractivity contribution in [3.8, 4) is 11.5 Å². The molecule has 0 saturated heterocycles. The third kappa shape index (κ3) is 5.06. The number of nitrogens with one attached hydrogen (secondary N) is 1. The predicted octanol–water partition coefficient (Wildman–Crippen LogP) is 1.43. The van der Waals surface area contributed by atoms with E-state index in [0.717, 1.165) is 13.0 Å². The van der Waals surface area contributed by atoms with Gasteiger partial charge in [0.1, 0.15) is 12.7 Å². The van der Waals surface area contributed by atoms with Gasteiger partial charge in [0, 0.05) is 6.54 Å². The lowest BCUT2D eigenvalue weighted by atomic mass is 10.3. The Balaban J connectivity index is 2.33. The molecule has 0 aliphatic heterocycles. The zero-order valence-corrected chi connectivity index (χ0v) is 10.5. The molecule has 1 atom stereocenters. The summed E-state index contributed by atoms with van der Waals surface area (Å²) in [6.07, 6.45) is 0.548. The van der Waals surface area contributed by atoms with E-state index in [1.165, 1.54) is 0 Å². The summed E-state index contributed by atoms with van der Waals surface area (Å²) in [7, 11) is 1.60. The van der Waals surface area contributed by atoms with E-state index < -0.39 is 6.10 Å². The minimum Gasteiger partial charge on any atom is -0.493 e. The molecule has 0 aliphatic rings. The van der Waals surface area contributed by atoms with E-state index in [1.807, 2.05) is 24.3 Å². The topological polar surface area (TPSA) is 50.7 Å². The van der Waals surface area contributed by atoms with Crippen molar-refractivity contribution in [3.63, 3.8) is 0 Å². The van der Waals surface area contributed by atoms with Crippen LogP contribution in [0.3, 0.4) is 0 Å². The van der Waals surface area contributed by atoms with Gasteiger partial charge in [0.15, 0.2) is 11.5 Å². The molecule has 1 rings (SSSR count). The SMILES string of the molecule is CCCNCC(O)COc1ccccc1OC. The number of aliphatic hydroxyl groups excluding tert-OH is 1. The molecule has 0 heterocycles. The zero-order valence-electron chi connectivity index (χ0n) is 10.5. The molecule has 0 radical (unpaired) electrons. The summed E-state index contributed by atoms with van der Waals surface area (Å²) < 4.78 is 10.7. The molecule has 0 aromatic heterocycles. The minimum atomic E-state index is -0.508. The van der Waals surface area contributed by atoms with Gasteiger partial charge in [0.2, 0.25) is 0 Å². The van der Waals surface area contributed by atoms with Crippen molar-refractivity contribution in [3.05, 3.63) is 24.3 Å². The highest BCUT2D eigenvalue weighted by atomic mass is 16.5. The number of aliphatic hydroxyl groups is 1. The molecule has 0 fully saturated rings. The predicted molar refractivity (Wildman–Crippen MR) is 67.7 cm³/mol. The van der Waals surface area contributed by atoms with Crippen LogP contribution in [0.4, 0.5) is 0 Å². The first-order valence-electron chi connectivity index (χ1n) is 5.92. The summed E-state index contributed by atoms with van der Waals surface area (Å²) in [5, 5.41) is 12.8. The lowest BCUT2D eigenvalue weighted by Gasteiger charge is -2.14. The highest BCUT2D eigenvalue weighted by Gasteiger charge is 2.07. The van der Waals surface area contributed by atoms with Gasteiger partial charge in [0.25, 0.3) is 0 Å². The molecule has 1 unspecified atom stereocenters. The molecule has 0 aliphatic carbocycles. The number of rotatable bonds is 8. The number of ether oxygens (including phenoxy) is 2. The van der Waals surface area contributed by atoms with Crippen LogP contribution in [0.1, 0.15) is 13.3 Å². The molecule has 0 amide bonds. The first-order valence-corrected chi connectivity index (χ1v) is 5.92. The molecule has 0 bridgehead atoms. The van der Waals surface area contributed by atoms with Gasteiger partial charge in [-0.3, -0.25) is 0 Å². The summed E-state index contributed by atoms with van der Waals surface area (Å²) in [5.74, 6) is 1.34. The Bertz CT molecular complexity index is 317. The molecule has 2 N–H and O–H groups in total. The van der Waals surface area contributed by atoms with Gasteiger partial charge in [-0.1, -0.05) is 19.1 Å². The van der Waals surface area contributed by atoms with Crippen LogP contribution >= 0.6 is 0 Å². The van der Waals surface area contributed by atoms with Crippen LogP contribution in [0.5, 0.6) is 11.5 Å².